The number of carbonyl (C=O) groups excluding carboxylic acids is 2. The zero-order chi connectivity index (χ0) is 22.9. The van der Waals surface area contributed by atoms with Crippen molar-refractivity contribution in [2.75, 3.05) is 0 Å². The zero-order valence-corrected chi connectivity index (χ0v) is 18.4. The van der Waals surface area contributed by atoms with Crippen LogP contribution < -0.4 is 16.4 Å². The maximum atomic E-state index is 12.8. The molecular formula is C24H19N5O3S. The smallest absolute Gasteiger partial charge is 0.280 e. The predicted octanol–water partition coefficient (Wildman–Crippen LogP) is 3.44. The Kier molecular flexibility index (Phi) is 5.23. The maximum absolute atomic E-state index is 12.8. The van der Waals surface area contributed by atoms with Gasteiger partial charge in [0.15, 0.2) is 0 Å². The van der Waals surface area contributed by atoms with Gasteiger partial charge in [-0.25, -0.2) is 4.98 Å². The van der Waals surface area contributed by atoms with Crippen molar-refractivity contribution in [3.05, 3.63) is 98.5 Å². The molecule has 2 amide bonds. The number of amides is 2. The Morgan fingerprint density at radius 3 is 2.55 bits per heavy atom. The molecule has 0 aliphatic rings. The quantitative estimate of drug-likeness (QED) is 0.309. The fraction of sp³-hybridized carbons (Fsp3) is 0.0833. The van der Waals surface area contributed by atoms with Gasteiger partial charge in [-0.15, -0.1) is 11.3 Å². The van der Waals surface area contributed by atoms with Crippen molar-refractivity contribution in [3.63, 3.8) is 0 Å². The molecule has 0 aliphatic heterocycles. The van der Waals surface area contributed by atoms with E-state index in [1.807, 2.05) is 54.6 Å². The van der Waals surface area contributed by atoms with Crippen molar-refractivity contribution in [2.24, 2.45) is 0 Å². The molecular weight excluding hydrogens is 438 g/mol. The number of aromatic amines is 2. The van der Waals surface area contributed by atoms with Gasteiger partial charge in [-0.1, -0.05) is 48.5 Å². The van der Waals surface area contributed by atoms with Crippen molar-refractivity contribution in [2.45, 2.75) is 13.3 Å². The lowest BCUT2D eigenvalue weighted by molar-refractivity contribution is 0.0849. The molecule has 8 nitrogen and oxygen atoms in total. The molecule has 5 rings (SSSR count). The molecule has 0 unspecified atom stereocenters. The Balaban J connectivity index is 1.37. The molecule has 0 radical (unpaired) electrons. The van der Waals surface area contributed by atoms with Crippen LogP contribution in [0, 0.1) is 6.92 Å². The lowest BCUT2D eigenvalue weighted by Gasteiger charge is -2.06. The Morgan fingerprint density at radius 1 is 1.00 bits per heavy atom. The number of hydrogen-bond donors (Lipinski definition) is 4. The standard InChI is InChI=1S/C24H19N5O3S/c1-13-19-22(31)26-18(11-14-7-3-2-4-8-14)27-24(19)33-20(13)23(32)29-28-21(30)16-12-25-17-10-6-5-9-15(16)17/h2-10,12,25H,11H2,1H3,(H,28,30)(H,29,32)(H,26,27,31). The summed E-state index contributed by atoms with van der Waals surface area (Å²) in [6, 6.07) is 17.1. The van der Waals surface area contributed by atoms with Gasteiger partial charge in [-0.05, 0) is 24.1 Å². The monoisotopic (exact) mass is 457 g/mol. The number of hydrogen-bond acceptors (Lipinski definition) is 5. The Bertz CT molecular complexity index is 1570. The van der Waals surface area contributed by atoms with Crippen LogP contribution in [0.15, 0.2) is 65.6 Å². The summed E-state index contributed by atoms with van der Waals surface area (Å²) in [5.74, 6) is -0.423. The van der Waals surface area contributed by atoms with Gasteiger partial charge < -0.3 is 9.97 Å². The summed E-state index contributed by atoms with van der Waals surface area (Å²) in [5, 5.41) is 1.13. The Morgan fingerprint density at radius 2 is 1.73 bits per heavy atom. The highest BCUT2D eigenvalue weighted by atomic mass is 32.1. The number of fused-ring (bicyclic) bond motifs is 2. The van der Waals surface area contributed by atoms with Crippen molar-refractivity contribution in [1.82, 2.24) is 25.8 Å². The number of aromatic nitrogens is 3. The molecule has 0 saturated heterocycles. The van der Waals surface area contributed by atoms with Crippen molar-refractivity contribution in [1.29, 1.82) is 0 Å². The maximum Gasteiger partial charge on any atom is 0.280 e. The van der Waals surface area contributed by atoms with Crippen LogP contribution in [0.1, 0.15) is 37.0 Å². The number of H-pyrrole nitrogens is 2. The second-order valence-electron chi connectivity index (χ2n) is 7.57. The first kappa shape index (κ1) is 20.7. The third-order valence-corrected chi connectivity index (χ3v) is 6.58. The minimum absolute atomic E-state index is 0.290. The summed E-state index contributed by atoms with van der Waals surface area (Å²) in [5.41, 5.74) is 7.39. The van der Waals surface area contributed by atoms with Crippen molar-refractivity contribution in [3.8, 4) is 0 Å². The van der Waals surface area contributed by atoms with Gasteiger partial charge in [0.1, 0.15) is 10.7 Å². The van der Waals surface area contributed by atoms with Crippen LogP contribution >= 0.6 is 11.3 Å². The van der Waals surface area contributed by atoms with Gasteiger partial charge in [0.25, 0.3) is 17.4 Å². The summed E-state index contributed by atoms with van der Waals surface area (Å²) in [4.78, 5) is 49.3. The van der Waals surface area contributed by atoms with E-state index in [-0.39, 0.29) is 5.56 Å². The van der Waals surface area contributed by atoms with Gasteiger partial charge in [0.05, 0.1) is 15.8 Å². The minimum Gasteiger partial charge on any atom is -0.360 e. The Hall–Kier alpha value is -4.24. The number of benzene rings is 2. The highest BCUT2D eigenvalue weighted by Gasteiger charge is 2.20. The second kappa shape index (κ2) is 8.36. The van der Waals surface area contributed by atoms with Crippen LogP contribution in [0.4, 0.5) is 0 Å². The number of hydrazine groups is 1. The van der Waals surface area contributed by atoms with E-state index in [1.165, 1.54) is 0 Å². The largest absolute Gasteiger partial charge is 0.360 e. The summed E-state index contributed by atoms with van der Waals surface area (Å²) in [6.45, 7) is 1.70. The molecule has 0 saturated carbocycles. The van der Waals surface area contributed by atoms with E-state index in [2.05, 4.69) is 25.8 Å². The number of nitrogens with one attached hydrogen (secondary N) is 4. The van der Waals surface area contributed by atoms with Gasteiger partial charge >= 0.3 is 0 Å². The predicted molar refractivity (Wildman–Crippen MR) is 127 cm³/mol. The molecule has 3 heterocycles. The fourth-order valence-electron chi connectivity index (χ4n) is 3.77. The molecule has 164 valence electrons. The van der Waals surface area contributed by atoms with Crippen molar-refractivity contribution >= 4 is 44.3 Å². The number of rotatable bonds is 4. The van der Waals surface area contributed by atoms with E-state index < -0.39 is 11.8 Å². The highest BCUT2D eigenvalue weighted by molar-refractivity contribution is 7.20. The molecule has 5 aromatic rings. The van der Waals surface area contributed by atoms with Gasteiger partial charge in [0.2, 0.25) is 0 Å². The summed E-state index contributed by atoms with van der Waals surface area (Å²) >= 11 is 1.12. The normalized spacial score (nSPS) is 11.1. The first-order valence-electron chi connectivity index (χ1n) is 10.2. The van der Waals surface area contributed by atoms with E-state index in [0.29, 0.717) is 38.5 Å². The van der Waals surface area contributed by atoms with Crippen LogP contribution in [0.5, 0.6) is 0 Å². The lowest BCUT2D eigenvalue weighted by Crippen LogP contribution is -2.41. The van der Waals surface area contributed by atoms with Gasteiger partial charge in [0, 0.05) is 23.5 Å². The SMILES string of the molecule is Cc1c(C(=O)NNC(=O)c2c[nH]c3ccccc23)sc2nc(Cc3ccccc3)[nH]c(=O)c12. The van der Waals surface area contributed by atoms with E-state index >= 15 is 0 Å². The number of carbonyl (C=O) groups is 2. The van der Waals surface area contributed by atoms with Gasteiger partial charge in [-0.3, -0.25) is 25.2 Å². The molecule has 4 N–H and O–H groups in total. The van der Waals surface area contributed by atoms with Gasteiger partial charge in [-0.2, -0.15) is 0 Å². The Labute approximate surface area is 191 Å². The third kappa shape index (κ3) is 3.90. The van der Waals surface area contributed by atoms with Crippen LogP contribution in [0.3, 0.4) is 0 Å². The average molecular weight is 458 g/mol. The fourth-order valence-corrected chi connectivity index (χ4v) is 4.87. The van der Waals surface area contributed by atoms with E-state index in [4.69, 9.17) is 0 Å². The molecule has 9 heteroatoms. The molecule has 3 aromatic heterocycles. The summed E-state index contributed by atoms with van der Waals surface area (Å²) in [7, 11) is 0. The number of aryl methyl sites for hydroxylation is 1. The average Bonchev–Trinajstić information content (AvgIpc) is 3.39. The van der Waals surface area contributed by atoms with E-state index in [9.17, 15) is 14.4 Å². The van der Waals surface area contributed by atoms with Crippen molar-refractivity contribution < 1.29 is 9.59 Å². The molecule has 0 bridgehead atoms. The zero-order valence-electron chi connectivity index (χ0n) is 17.6. The topological polar surface area (TPSA) is 120 Å². The second-order valence-corrected chi connectivity index (χ2v) is 8.57. The molecule has 33 heavy (non-hydrogen) atoms. The van der Waals surface area contributed by atoms with Crippen LogP contribution in [0.25, 0.3) is 21.1 Å². The lowest BCUT2D eigenvalue weighted by atomic mass is 10.1. The molecule has 0 fully saturated rings. The molecule has 0 spiro atoms. The molecule has 0 aliphatic carbocycles. The van der Waals surface area contributed by atoms with Crippen LogP contribution in [-0.4, -0.2) is 26.8 Å². The first-order chi connectivity index (χ1) is 16.0. The van der Waals surface area contributed by atoms with E-state index in [1.54, 1.807) is 13.1 Å². The molecule has 2 aromatic carbocycles. The number of nitrogens with zero attached hydrogens (tertiary/aromatic N) is 1. The van der Waals surface area contributed by atoms with E-state index in [0.717, 1.165) is 27.8 Å². The summed E-state index contributed by atoms with van der Waals surface area (Å²) in [6.07, 6.45) is 2.07. The minimum atomic E-state index is -0.507. The third-order valence-electron chi connectivity index (χ3n) is 5.39. The molecule has 0 atom stereocenters. The van der Waals surface area contributed by atoms with Crippen LogP contribution in [0.2, 0.25) is 0 Å². The van der Waals surface area contributed by atoms with Crippen LogP contribution in [-0.2, 0) is 6.42 Å². The number of thiophene rings is 1. The number of para-hydroxylation sites is 1. The first-order valence-corrected chi connectivity index (χ1v) is 11.1. The summed E-state index contributed by atoms with van der Waals surface area (Å²) < 4.78 is 0. The highest BCUT2D eigenvalue weighted by Crippen LogP contribution is 2.27.